The number of amides is 1. The lowest BCUT2D eigenvalue weighted by molar-refractivity contribution is 0.0934. The highest BCUT2D eigenvalue weighted by Gasteiger charge is 2.19. The van der Waals surface area contributed by atoms with E-state index in [1.807, 2.05) is 13.0 Å². The highest BCUT2D eigenvalue weighted by Crippen LogP contribution is 2.18. The number of nitrogens with one attached hydrogen (secondary N) is 1. The Morgan fingerprint density at radius 1 is 1.24 bits per heavy atom. The fraction of sp³-hybridized carbons (Fsp3) is 0.167. The molecule has 3 rings (SSSR count). The molecule has 25 heavy (non-hydrogen) atoms. The third-order valence-electron chi connectivity index (χ3n) is 3.88. The summed E-state index contributed by atoms with van der Waals surface area (Å²) in [6.07, 6.45) is 0. The first-order chi connectivity index (χ1) is 12.0. The summed E-state index contributed by atoms with van der Waals surface area (Å²) in [4.78, 5) is 12.5. The van der Waals surface area contributed by atoms with E-state index < -0.39 is 0 Å². The van der Waals surface area contributed by atoms with Crippen LogP contribution in [0.2, 0.25) is 5.02 Å². The Hall–Kier alpha value is -2.73. The molecule has 0 spiro atoms. The summed E-state index contributed by atoms with van der Waals surface area (Å²) in [5.41, 5.74) is 2.36. The molecule has 7 heteroatoms. The maximum atomic E-state index is 13.0. The summed E-state index contributed by atoms with van der Waals surface area (Å²) in [5, 5.41) is 11.4. The Kier molecular flexibility index (Phi) is 4.81. The number of halogens is 2. The molecule has 1 heterocycles. The van der Waals surface area contributed by atoms with E-state index in [0.29, 0.717) is 10.7 Å². The fourth-order valence-electron chi connectivity index (χ4n) is 2.49. The minimum atomic E-state index is -0.345. The second-order valence-corrected chi connectivity index (χ2v) is 6.10. The van der Waals surface area contributed by atoms with Gasteiger partial charge in [-0.2, -0.15) is 0 Å². The van der Waals surface area contributed by atoms with Crippen LogP contribution in [-0.2, 0) is 0 Å². The van der Waals surface area contributed by atoms with Crippen LogP contribution in [0.25, 0.3) is 5.69 Å². The number of carbonyl (C=O) groups excluding carboxylic acids is 1. The van der Waals surface area contributed by atoms with Gasteiger partial charge in [0.25, 0.3) is 5.91 Å². The Labute approximate surface area is 149 Å². The maximum absolute atomic E-state index is 13.0. The molecular formula is C18H16ClFN4O. The molecule has 0 aliphatic heterocycles. The molecular weight excluding hydrogens is 343 g/mol. The van der Waals surface area contributed by atoms with Crippen LogP contribution in [-0.4, -0.2) is 20.9 Å². The lowest BCUT2D eigenvalue weighted by Gasteiger charge is -2.13. The van der Waals surface area contributed by atoms with Crippen molar-refractivity contribution in [3.05, 3.63) is 76.3 Å². The minimum Gasteiger partial charge on any atom is -0.344 e. The van der Waals surface area contributed by atoms with Gasteiger partial charge in [-0.25, -0.2) is 9.07 Å². The van der Waals surface area contributed by atoms with Crippen LogP contribution in [0, 0.1) is 12.7 Å². The molecule has 0 aliphatic rings. The monoisotopic (exact) mass is 358 g/mol. The Morgan fingerprint density at radius 3 is 2.64 bits per heavy atom. The van der Waals surface area contributed by atoms with E-state index in [1.165, 1.54) is 12.1 Å². The predicted molar refractivity (Wildman–Crippen MR) is 93.4 cm³/mol. The van der Waals surface area contributed by atoms with E-state index in [2.05, 4.69) is 15.6 Å². The number of nitrogens with zero attached hydrogens (tertiary/aromatic N) is 3. The molecule has 1 atom stereocenters. The number of rotatable bonds is 4. The van der Waals surface area contributed by atoms with Crippen molar-refractivity contribution < 1.29 is 9.18 Å². The van der Waals surface area contributed by atoms with Gasteiger partial charge >= 0.3 is 0 Å². The lowest BCUT2D eigenvalue weighted by atomic mass is 10.1. The topological polar surface area (TPSA) is 59.8 Å². The van der Waals surface area contributed by atoms with Crippen LogP contribution >= 0.6 is 11.6 Å². The van der Waals surface area contributed by atoms with Crippen LogP contribution in [0.1, 0.15) is 34.7 Å². The number of benzene rings is 2. The second-order valence-electron chi connectivity index (χ2n) is 5.66. The largest absolute Gasteiger partial charge is 0.344 e. The van der Waals surface area contributed by atoms with E-state index in [9.17, 15) is 9.18 Å². The van der Waals surface area contributed by atoms with E-state index >= 15 is 0 Å². The molecule has 1 N–H and O–H groups in total. The van der Waals surface area contributed by atoms with E-state index in [4.69, 9.17) is 11.6 Å². The highest BCUT2D eigenvalue weighted by molar-refractivity contribution is 6.30. The molecule has 5 nitrogen and oxygen atoms in total. The molecule has 1 amide bonds. The quantitative estimate of drug-likeness (QED) is 0.770. The van der Waals surface area contributed by atoms with Crippen molar-refractivity contribution >= 4 is 17.5 Å². The van der Waals surface area contributed by atoms with Crippen molar-refractivity contribution in [2.24, 2.45) is 0 Å². The number of carbonyl (C=O) groups is 1. The zero-order chi connectivity index (χ0) is 18.0. The van der Waals surface area contributed by atoms with Crippen LogP contribution < -0.4 is 5.32 Å². The number of hydrogen-bond acceptors (Lipinski definition) is 3. The lowest BCUT2D eigenvalue weighted by Crippen LogP contribution is -2.27. The zero-order valence-electron chi connectivity index (χ0n) is 13.7. The number of hydrogen-bond donors (Lipinski definition) is 1. The summed E-state index contributed by atoms with van der Waals surface area (Å²) in [6, 6.07) is 12.8. The fourth-order valence-corrected chi connectivity index (χ4v) is 2.68. The predicted octanol–water partition coefficient (Wildman–Crippen LogP) is 3.86. The van der Waals surface area contributed by atoms with Gasteiger partial charge in [0.15, 0.2) is 5.69 Å². The van der Waals surface area contributed by atoms with Crippen molar-refractivity contribution in [1.29, 1.82) is 0 Å². The first kappa shape index (κ1) is 17.1. The van der Waals surface area contributed by atoms with Gasteiger partial charge in [0.1, 0.15) is 5.82 Å². The third kappa shape index (κ3) is 3.69. The van der Waals surface area contributed by atoms with Crippen LogP contribution in [0.3, 0.4) is 0 Å². The van der Waals surface area contributed by atoms with Gasteiger partial charge in [0, 0.05) is 5.02 Å². The minimum absolute atomic E-state index is 0.230. The third-order valence-corrected chi connectivity index (χ3v) is 4.12. The van der Waals surface area contributed by atoms with Gasteiger partial charge < -0.3 is 5.32 Å². The molecule has 0 saturated heterocycles. The smallest absolute Gasteiger partial charge is 0.274 e. The average molecular weight is 359 g/mol. The highest BCUT2D eigenvalue weighted by atomic mass is 35.5. The summed E-state index contributed by atoms with van der Waals surface area (Å²) in [5.74, 6) is -0.662. The van der Waals surface area contributed by atoms with Gasteiger partial charge in [-0.05, 0) is 49.7 Å². The van der Waals surface area contributed by atoms with Gasteiger partial charge in [0.05, 0.1) is 17.4 Å². The standard InChI is InChI=1S/C18H16ClFN4O/c1-11(13-6-8-15(20)9-7-13)21-18(25)17-12(2)24(23-22-17)16-5-3-4-14(19)10-16/h3-11H,1-2H3,(H,21,25). The molecule has 0 saturated carbocycles. The van der Waals surface area contributed by atoms with Gasteiger partial charge in [0.2, 0.25) is 0 Å². The molecule has 1 unspecified atom stereocenters. The summed E-state index contributed by atoms with van der Waals surface area (Å²) < 4.78 is 14.6. The molecule has 1 aromatic heterocycles. The molecule has 0 radical (unpaired) electrons. The maximum Gasteiger partial charge on any atom is 0.274 e. The van der Waals surface area contributed by atoms with Crippen molar-refractivity contribution in [2.45, 2.75) is 19.9 Å². The van der Waals surface area contributed by atoms with E-state index in [-0.39, 0.29) is 23.5 Å². The normalized spacial score (nSPS) is 12.0. The molecule has 3 aromatic rings. The van der Waals surface area contributed by atoms with Crippen molar-refractivity contribution in [3.63, 3.8) is 0 Å². The Balaban J connectivity index is 1.80. The van der Waals surface area contributed by atoms with Gasteiger partial charge in [-0.15, -0.1) is 5.10 Å². The molecule has 0 aliphatic carbocycles. The Bertz CT molecular complexity index is 908. The second kappa shape index (κ2) is 7.03. The van der Waals surface area contributed by atoms with Crippen LogP contribution in [0.4, 0.5) is 4.39 Å². The van der Waals surface area contributed by atoms with E-state index in [1.54, 1.807) is 41.9 Å². The van der Waals surface area contributed by atoms with Crippen molar-refractivity contribution in [1.82, 2.24) is 20.3 Å². The first-order valence-corrected chi connectivity index (χ1v) is 8.08. The van der Waals surface area contributed by atoms with Crippen LogP contribution in [0.5, 0.6) is 0 Å². The molecule has 2 aromatic carbocycles. The molecule has 0 fully saturated rings. The summed E-state index contributed by atoms with van der Waals surface area (Å²) in [6.45, 7) is 3.58. The van der Waals surface area contributed by atoms with Gasteiger partial charge in [-0.3, -0.25) is 4.79 Å². The van der Waals surface area contributed by atoms with Gasteiger partial charge in [-0.1, -0.05) is 35.0 Å². The summed E-state index contributed by atoms with van der Waals surface area (Å²) in [7, 11) is 0. The van der Waals surface area contributed by atoms with Crippen molar-refractivity contribution in [2.75, 3.05) is 0 Å². The molecule has 128 valence electrons. The van der Waals surface area contributed by atoms with E-state index in [0.717, 1.165) is 11.3 Å². The Morgan fingerprint density at radius 2 is 1.96 bits per heavy atom. The SMILES string of the molecule is Cc1c(C(=O)NC(C)c2ccc(F)cc2)nnn1-c1cccc(Cl)c1. The molecule has 0 bridgehead atoms. The van der Waals surface area contributed by atoms with Crippen LogP contribution in [0.15, 0.2) is 48.5 Å². The first-order valence-electron chi connectivity index (χ1n) is 7.70. The number of aromatic nitrogens is 3. The zero-order valence-corrected chi connectivity index (χ0v) is 14.5. The summed E-state index contributed by atoms with van der Waals surface area (Å²) >= 11 is 6.00. The van der Waals surface area contributed by atoms with Crippen molar-refractivity contribution in [3.8, 4) is 5.69 Å². The average Bonchev–Trinajstić information content (AvgIpc) is 2.97.